The number of ether oxygens (including phenoxy) is 2. The van der Waals surface area contributed by atoms with Crippen LogP contribution in [0.3, 0.4) is 0 Å². The Morgan fingerprint density at radius 3 is 2.92 bits per heavy atom. The number of rotatable bonds is 4. The van der Waals surface area contributed by atoms with Crippen LogP contribution in [-0.2, 0) is 9.47 Å². The summed E-state index contributed by atoms with van der Waals surface area (Å²) in [6, 6.07) is 0. The molecule has 0 spiro atoms. The predicted molar refractivity (Wildman–Crippen MR) is 50.7 cm³/mol. The van der Waals surface area contributed by atoms with Crippen molar-refractivity contribution in [3.05, 3.63) is 12.7 Å². The second-order valence-corrected chi connectivity index (χ2v) is 3.70. The minimum absolute atomic E-state index is 0.301. The highest BCUT2D eigenvalue weighted by Crippen LogP contribution is 2.24. The van der Waals surface area contributed by atoms with E-state index in [-0.39, 0.29) is 0 Å². The topological polar surface area (TPSA) is 33.8 Å². The molecule has 3 nitrogen and oxygen atoms in total. The molecule has 0 aliphatic carbocycles. The summed E-state index contributed by atoms with van der Waals surface area (Å²) in [4.78, 5) is 0. The van der Waals surface area contributed by atoms with E-state index in [0.29, 0.717) is 18.1 Å². The first kappa shape index (κ1) is 9.19. The van der Waals surface area contributed by atoms with Crippen molar-refractivity contribution in [1.29, 1.82) is 0 Å². The van der Waals surface area contributed by atoms with Gasteiger partial charge in [0.05, 0.1) is 25.4 Å². The first-order chi connectivity index (χ1) is 6.40. The Kier molecular flexibility index (Phi) is 2.98. The van der Waals surface area contributed by atoms with Crippen LogP contribution < -0.4 is 5.32 Å². The zero-order chi connectivity index (χ0) is 9.10. The molecule has 0 amide bonds. The van der Waals surface area contributed by atoms with E-state index in [1.807, 2.05) is 6.08 Å². The molecule has 2 aliphatic rings. The van der Waals surface area contributed by atoms with Crippen LogP contribution in [0.1, 0.15) is 6.42 Å². The van der Waals surface area contributed by atoms with Crippen molar-refractivity contribution in [2.45, 2.75) is 18.6 Å². The second-order valence-electron chi connectivity index (χ2n) is 3.70. The summed E-state index contributed by atoms with van der Waals surface area (Å²) in [5.74, 6) is 0.445. The van der Waals surface area contributed by atoms with E-state index in [2.05, 4.69) is 11.9 Å². The van der Waals surface area contributed by atoms with Crippen LogP contribution in [-0.4, -0.2) is 38.5 Å². The summed E-state index contributed by atoms with van der Waals surface area (Å²) in [7, 11) is 0. The van der Waals surface area contributed by atoms with Gasteiger partial charge in [0.25, 0.3) is 0 Å². The summed E-state index contributed by atoms with van der Waals surface area (Å²) >= 11 is 0. The molecule has 3 unspecified atom stereocenters. The Morgan fingerprint density at radius 2 is 2.38 bits per heavy atom. The van der Waals surface area contributed by atoms with Gasteiger partial charge in [-0.3, -0.25) is 0 Å². The number of hydrogen-bond donors (Lipinski definition) is 1. The number of hydrogen-bond acceptors (Lipinski definition) is 3. The highest BCUT2D eigenvalue weighted by atomic mass is 16.6. The molecule has 0 radical (unpaired) electrons. The molecular weight excluding hydrogens is 166 g/mol. The average Bonchev–Trinajstić information content (AvgIpc) is 2.99. The van der Waals surface area contributed by atoms with Crippen molar-refractivity contribution in [1.82, 2.24) is 5.32 Å². The Labute approximate surface area is 79.1 Å². The third-order valence-corrected chi connectivity index (χ3v) is 2.67. The van der Waals surface area contributed by atoms with Gasteiger partial charge in [-0.2, -0.15) is 0 Å². The quantitative estimate of drug-likeness (QED) is 0.511. The van der Waals surface area contributed by atoms with Crippen LogP contribution in [0.5, 0.6) is 0 Å². The third kappa shape index (κ3) is 2.53. The summed E-state index contributed by atoms with van der Waals surface area (Å²) < 4.78 is 10.9. The van der Waals surface area contributed by atoms with E-state index < -0.39 is 0 Å². The molecule has 2 heterocycles. The van der Waals surface area contributed by atoms with Crippen LogP contribution in [0.4, 0.5) is 0 Å². The van der Waals surface area contributed by atoms with E-state index in [9.17, 15) is 0 Å². The fourth-order valence-electron chi connectivity index (χ4n) is 1.77. The minimum Gasteiger partial charge on any atom is -0.375 e. The molecule has 13 heavy (non-hydrogen) atoms. The highest BCUT2D eigenvalue weighted by molar-refractivity contribution is 4.91. The van der Waals surface area contributed by atoms with Crippen LogP contribution in [0.25, 0.3) is 0 Å². The lowest BCUT2D eigenvalue weighted by molar-refractivity contribution is -0.000224. The summed E-state index contributed by atoms with van der Waals surface area (Å²) in [6.45, 7) is 7.52. The van der Waals surface area contributed by atoms with Gasteiger partial charge in [-0.25, -0.2) is 0 Å². The fourth-order valence-corrected chi connectivity index (χ4v) is 1.77. The Bertz CT molecular complexity index is 174. The molecule has 74 valence electrons. The normalized spacial score (nSPS) is 35.4. The fraction of sp³-hybridized carbons (Fsp3) is 0.800. The van der Waals surface area contributed by atoms with Crippen molar-refractivity contribution in [2.24, 2.45) is 5.92 Å². The zero-order valence-corrected chi connectivity index (χ0v) is 7.87. The largest absolute Gasteiger partial charge is 0.375 e. The zero-order valence-electron chi connectivity index (χ0n) is 7.87. The van der Waals surface area contributed by atoms with E-state index >= 15 is 0 Å². The minimum atomic E-state index is 0.301. The van der Waals surface area contributed by atoms with E-state index in [1.54, 1.807) is 0 Å². The SMILES string of the molecule is C=CC(CC1CO1)C1CNCCO1. The van der Waals surface area contributed by atoms with Gasteiger partial charge in [-0.1, -0.05) is 6.08 Å². The molecule has 2 aliphatic heterocycles. The van der Waals surface area contributed by atoms with Gasteiger partial charge >= 0.3 is 0 Å². The van der Waals surface area contributed by atoms with Crippen LogP contribution in [0.15, 0.2) is 12.7 Å². The Balaban J connectivity index is 1.81. The molecule has 0 aromatic carbocycles. The molecule has 2 fully saturated rings. The highest BCUT2D eigenvalue weighted by Gasteiger charge is 2.30. The van der Waals surface area contributed by atoms with Crippen molar-refractivity contribution in [3.8, 4) is 0 Å². The lowest BCUT2D eigenvalue weighted by atomic mass is 9.96. The first-order valence-electron chi connectivity index (χ1n) is 4.96. The number of epoxide rings is 1. The molecule has 0 aromatic heterocycles. The maximum Gasteiger partial charge on any atom is 0.0816 e. The lowest BCUT2D eigenvalue weighted by Gasteiger charge is -2.28. The van der Waals surface area contributed by atoms with Crippen molar-refractivity contribution >= 4 is 0 Å². The van der Waals surface area contributed by atoms with Gasteiger partial charge in [0, 0.05) is 19.0 Å². The maximum atomic E-state index is 5.67. The predicted octanol–water partition coefficient (Wildman–Crippen LogP) is 0.566. The van der Waals surface area contributed by atoms with Crippen LogP contribution in [0.2, 0.25) is 0 Å². The van der Waals surface area contributed by atoms with Crippen molar-refractivity contribution in [3.63, 3.8) is 0 Å². The maximum absolute atomic E-state index is 5.67. The average molecular weight is 183 g/mol. The molecule has 0 bridgehead atoms. The number of morpholine rings is 1. The lowest BCUT2D eigenvalue weighted by Crippen LogP contribution is -2.42. The van der Waals surface area contributed by atoms with Gasteiger partial charge in [-0.15, -0.1) is 6.58 Å². The Morgan fingerprint density at radius 1 is 1.54 bits per heavy atom. The standard InChI is InChI=1S/C10H17NO2/c1-2-8(5-9-7-13-9)10-6-11-3-4-12-10/h2,8-11H,1,3-7H2. The summed E-state index contributed by atoms with van der Waals surface area (Å²) in [5, 5.41) is 3.33. The Hall–Kier alpha value is -0.380. The first-order valence-corrected chi connectivity index (χ1v) is 4.96. The molecular formula is C10H17NO2. The molecule has 2 saturated heterocycles. The van der Waals surface area contributed by atoms with Crippen LogP contribution >= 0.6 is 0 Å². The van der Waals surface area contributed by atoms with Gasteiger partial charge in [0.1, 0.15) is 0 Å². The summed E-state index contributed by atoms with van der Waals surface area (Å²) in [6.07, 6.45) is 3.83. The molecule has 3 atom stereocenters. The second kappa shape index (κ2) is 4.22. The van der Waals surface area contributed by atoms with Crippen molar-refractivity contribution < 1.29 is 9.47 Å². The number of nitrogens with one attached hydrogen (secondary N) is 1. The summed E-state index contributed by atoms with van der Waals surface area (Å²) in [5.41, 5.74) is 0. The van der Waals surface area contributed by atoms with E-state index in [1.165, 1.54) is 0 Å². The monoisotopic (exact) mass is 183 g/mol. The van der Waals surface area contributed by atoms with Gasteiger partial charge in [0.2, 0.25) is 0 Å². The van der Waals surface area contributed by atoms with E-state index in [0.717, 1.165) is 32.7 Å². The van der Waals surface area contributed by atoms with Gasteiger partial charge in [-0.05, 0) is 6.42 Å². The van der Waals surface area contributed by atoms with E-state index in [4.69, 9.17) is 9.47 Å². The van der Waals surface area contributed by atoms with Gasteiger partial charge in [0.15, 0.2) is 0 Å². The van der Waals surface area contributed by atoms with Crippen LogP contribution in [0, 0.1) is 5.92 Å². The molecule has 0 aromatic rings. The van der Waals surface area contributed by atoms with Crippen molar-refractivity contribution in [2.75, 3.05) is 26.3 Å². The molecule has 3 heteroatoms. The van der Waals surface area contributed by atoms with Gasteiger partial charge < -0.3 is 14.8 Å². The molecule has 0 saturated carbocycles. The smallest absolute Gasteiger partial charge is 0.0816 e. The third-order valence-electron chi connectivity index (χ3n) is 2.67. The molecule has 2 rings (SSSR count). The molecule has 1 N–H and O–H groups in total.